The zero-order chi connectivity index (χ0) is 14.0. The van der Waals surface area contributed by atoms with Crippen LogP contribution in [0.15, 0.2) is 40.9 Å². The van der Waals surface area contributed by atoms with Crippen LogP contribution in [0.2, 0.25) is 0 Å². The Morgan fingerprint density at radius 1 is 1.16 bits per heavy atom. The number of hydrogen-bond acceptors (Lipinski definition) is 2. The predicted molar refractivity (Wildman–Crippen MR) is 71.1 cm³/mol. The summed E-state index contributed by atoms with van der Waals surface area (Å²) in [4.78, 5) is 0. The molecule has 100 valence electrons. The summed E-state index contributed by atoms with van der Waals surface area (Å²) < 4.78 is 32.3. The Bertz CT molecular complexity index is 602. The van der Waals surface area contributed by atoms with Crippen molar-refractivity contribution >= 4 is 15.9 Å². The van der Waals surface area contributed by atoms with Crippen LogP contribution in [-0.4, -0.2) is 12.2 Å². The highest BCUT2D eigenvalue weighted by Crippen LogP contribution is 2.33. The molecule has 0 aliphatic heterocycles. The number of aliphatic hydroxyl groups is 1. The quantitative estimate of drug-likeness (QED) is 0.928. The fourth-order valence-electron chi connectivity index (χ4n) is 1.79. The molecule has 0 amide bonds. The Kier molecular flexibility index (Phi) is 4.17. The fraction of sp³-hybridized carbons (Fsp3) is 0.143. The van der Waals surface area contributed by atoms with Gasteiger partial charge in [0.25, 0.3) is 0 Å². The van der Waals surface area contributed by atoms with E-state index < -0.39 is 17.7 Å². The summed E-state index contributed by atoms with van der Waals surface area (Å²) in [5.74, 6) is -1.02. The lowest BCUT2D eigenvalue weighted by Crippen LogP contribution is -2.05. The van der Waals surface area contributed by atoms with Gasteiger partial charge in [-0.2, -0.15) is 0 Å². The highest BCUT2D eigenvalue weighted by molar-refractivity contribution is 9.10. The fourth-order valence-corrected chi connectivity index (χ4v) is 2.36. The standard InChI is InChI=1S/C14H11BrF2O2/c1-19-12-4-2-3-10(13(12)17)14(18)9-6-5-8(16)7-11(9)15/h2-7,14,18H,1H3. The van der Waals surface area contributed by atoms with Gasteiger partial charge in [-0.25, -0.2) is 8.78 Å². The first-order chi connectivity index (χ1) is 9.04. The van der Waals surface area contributed by atoms with Crippen molar-refractivity contribution < 1.29 is 18.6 Å². The van der Waals surface area contributed by atoms with E-state index >= 15 is 0 Å². The Balaban J connectivity index is 2.47. The molecule has 0 fully saturated rings. The molecule has 19 heavy (non-hydrogen) atoms. The lowest BCUT2D eigenvalue weighted by molar-refractivity contribution is 0.212. The molecule has 0 saturated heterocycles. The lowest BCUT2D eigenvalue weighted by atomic mass is 10.0. The number of aliphatic hydroxyl groups excluding tert-OH is 1. The van der Waals surface area contributed by atoms with Gasteiger partial charge in [0.1, 0.15) is 11.9 Å². The Morgan fingerprint density at radius 2 is 1.89 bits per heavy atom. The molecule has 5 heteroatoms. The zero-order valence-electron chi connectivity index (χ0n) is 10.0. The molecule has 2 rings (SSSR count). The van der Waals surface area contributed by atoms with E-state index in [1.807, 2.05) is 0 Å². The number of hydrogen-bond donors (Lipinski definition) is 1. The van der Waals surface area contributed by atoms with Crippen molar-refractivity contribution in [1.82, 2.24) is 0 Å². The van der Waals surface area contributed by atoms with E-state index in [9.17, 15) is 13.9 Å². The maximum absolute atomic E-state index is 14.0. The molecular formula is C14H11BrF2O2. The molecule has 0 radical (unpaired) electrons. The van der Waals surface area contributed by atoms with E-state index in [4.69, 9.17) is 4.74 Å². The largest absolute Gasteiger partial charge is 0.494 e. The van der Waals surface area contributed by atoms with Gasteiger partial charge >= 0.3 is 0 Å². The SMILES string of the molecule is COc1cccc(C(O)c2ccc(F)cc2Br)c1F. The van der Waals surface area contributed by atoms with Crippen molar-refractivity contribution in [2.45, 2.75) is 6.10 Å². The van der Waals surface area contributed by atoms with Crippen LogP contribution in [0.5, 0.6) is 5.75 Å². The smallest absolute Gasteiger partial charge is 0.171 e. The van der Waals surface area contributed by atoms with Gasteiger partial charge in [-0.1, -0.05) is 34.1 Å². The van der Waals surface area contributed by atoms with Crippen molar-refractivity contribution in [2.75, 3.05) is 7.11 Å². The van der Waals surface area contributed by atoms with E-state index in [0.717, 1.165) is 0 Å². The molecule has 1 atom stereocenters. The molecule has 0 heterocycles. The molecular weight excluding hydrogens is 318 g/mol. The minimum Gasteiger partial charge on any atom is -0.494 e. The zero-order valence-corrected chi connectivity index (χ0v) is 11.6. The average Bonchev–Trinajstić information content (AvgIpc) is 2.38. The van der Waals surface area contributed by atoms with Gasteiger partial charge in [0.15, 0.2) is 11.6 Å². The van der Waals surface area contributed by atoms with Crippen molar-refractivity contribution in [3.63, 3.8) is 0 Å². The third kappa shape index (κ3) is 2.77. The number of rotatable bonds is 3. The van der Waals surface area contributed by atoms with Crippen LogP contribution in [0.1, 0.15) is 17.2 Å². The molecule has 2 aromatic rings. The maximum Gasteiger partial charge on any atom is 0.171 e. The van der Waals surface area contributed by atoms with E-state index in [2.05, 4.69) is 15.9 Å². The van der Waals surface area contributed by atoms with E-state index in [1.165, 1.54) is 37.4 Å². The molecule has 2 nitrogen and oxygen atoms in total. The minimum absolute atomic E-state index is 0.0507. The first-order valence-corrected chi connectivity index (χ1v) is 6.29. The summed E-state index contributed by atoms with van der Waals surface area (Å²) in [5, 5.41) is 10.2. The van der Waals surface area contributed by atoms with Gasteiger partial charge in [-0.15, -0.1) is 0 Å². The third-order valence-electron chi connectivity index (χ3n) is 2.76. The molecule has 2 aromatic carbocycles. The number of benzene rings is 2. The number of ether oxygens (including phenoxy) is 1. The van der Waals surface area contributed by atoms with E-state index in [0.29, 0.717) is 10.0 Å². The molecule has 0 bridgehead atoms. The number of halogens is 3. The Morgan fingerprint density at radius 3 is 2.53 bits per heavy atom. The highest BCUT2D eigenvalue weighted by Gasteiger charge is 2.20. The van der Waals surface area contributed by atoms with Crippen LogP contribution in [0.25, 0.3) is 0 Å². The van der Waals surface area contributed by atoms with Crippen LogP contribution < -0.4 is 4.74 Å². The van der Waals surface area contributed by atoms with Crippen molar-refractivity contribution in [2.24, 2.45) is 0 Å². The highest BCUT2D eigenvalue weighted by atomic mass is 79.9. The second-order valence-corrected chi connectivity index (χ2v) is 4.79. The topological polar surface area (TPSA) is 29.5 Å². The van der Waals surface area contributed by atoms with Crippen LogP contribution in [0, 0.1) is 11.6 Å². The normalized spacial score (nSPS) is 12.3. The summed E-state index contributed by atoms with van der Waals surface area (Å²) in [6, 6.07) is 8.34. The van der Waals surface area contributed by atoms with Crippen LogP contribution in [0.4, 0.5) is 8.78 Å². The van der Waals surface area contributed by atoms with Gasteiger partial charge in [0.05, 0.1) is 7.11 Å². The van der Waals surface area contributed by atoms with Gasteiger partial charge in [-0.3, -0.25) is 0 Å². The van der Waals surface area contributed by atoms with Crippen molar-refractivity contribution in [1.29, 1.82) is 0 Å². The third-order valence-corrected chi connectivity index (χ3v) is 3.45. The molecule has 0 aromatic heterocycles. The Labute approximate surface area is 117 Å². The van der Waals surface area contributed by atoms with Crippen LogP contribution >= 0.6 is 15.9 Å². The van der Waals surface area contributed by atoms with Gasteiger partial charge in [0.2, 0.25) is 0 Å². The lowest BCUT2D eigenvalue weighted by Gasteiger charge is -2.15. The van der Waals surface area contributed by atoms with E-state index in [-0.39, 0.29) is 11.3 Å². The van der Waals surface area contributed by atoms with Crippen molar-refractivity contribution in [3.8, 4) is 5.75 Å². The molecule has 0 aliphatic carbocycles. The van der Waals surface area contributed by atoms with Gasteiger partial charge in [-0.05, 0) is 23.8 Å². The predicted octanol–water partition coefficient (Wildman–Crippen LogP) is 3.82. The molecule has 0 spiro atoms. The summed E-state index contributed by atoms with van der Waals surface area (Å²) in [6.07, 6.45) is -1.20. The second kappa shape index (κ2) is 5.67. The Hall–Kier alpha value is -1.46. The number of methoxy groups -OCH3 is 1. The van der Waals surface area contributed by atoms with Gasteiger partial charge < -0.3 is 9.84 Å². The summed E-state index contributed by atoms with van der Waals surface area (Å²) in [5.41, 5.74) is 0.459. The summed E-state index contributed by atoms with van der Waals surface area (Å²) in [6.45, 7) is 0. The molecule has 0 aliphatic rings. The van der Waals surface area contributed by atoms with Crippen molar-refractivity contribution in [3.05, 3.63) is 63.6 Å². The van der Waals surface area contributed by atoms with E-state index in [1.54, 1.807) is 6.07 Å². The van der Waals surface area contributed by atoms with Gasteiger partial charge in [0, 0.05) is 10.0 Å². The first kappa shape index (κ1) is 14.0. The molecule has 1 N–H and O–H groups in total. The summed E-state index contributed by atoms with van der Waals surface area (Å²) in [7, 11) is 1.35. The monoisotopic (exact) mass is 328 g/mol. The van der Waals surface area contributed by atoms with Crippen LogP contribution in [-0.2, 0) is 0 Å². The second-order valence-electron chi connectivity index (χ2n) is 3.93. The average molecular weight is 329 g/mol. The molecule has 0 saturated carbocycles. The summed E-state index contributed by atoms with van der Waals surface area (Å²) >= 11 is 3.15. The molecule has 1 unspecified atom stereocenters. The van der Waals surface area contributed by atoms with Crippen LogP contribution in [0.3, 0.4) is 0 Å². The maximum atomic E-state index is 14.0. The minimum atomic E-state index is -1.20. The first-order valence-electron chi connectivity index (χ1n) is 5.50.